The molecule has 0 heterocycles. The lowest BCUT2D eigenvalue weighted by atomic mass is 9.60. The van der Waals surface area contributed by atoms with E-state index in [0.717, 1.165) is 6.42 Å². The molecule has 104 valence electrons. The molecule has 2 saturated carbocycles. The summed E-state index contributed by atoms with van der Waals surface area (Å²) in [5.41, 5.74) is 0.255. The first kappa shape index (κ1) is 13.2. The zero-order valence-electron chi connectivity index (χ0n) is 11.1. The second kappa shape index (κ2) is 4.95. The van der Waals surface area contributed by atoms with Crippen molar-refractivity contribution in [3.05, 3.63) is 29.0 Å². The molecule has 2 atom stereocenters. The van der Waals surface area contributed by atoms with Gasteiger partial charge >= 0.3 is 0 Å². The van der Waals surface area contributed by atoms with Gasteiger partial charge in [-0.3, -0.25) is 0 Å². The predicted octanol–water partition coefficient (Wildman–Crippen LogP) is 3.78. The molecule has 2 aliphatic carbocycles. The molecule has 1 aromatic rings. The van der Waals surface area contributed by atoms with E-state index in [9.17, 15) is 4.39 Å². The first-order chi connectivity index (χ1) is 9.15. The lowest BCUT2D eigenvalue weighted by Gasteiger charge is -2.53. The van der Waals surface area contributed by atoms with Gasteiger partial charge in [0.2, 0.25) is 0 Å². The molecule has 19 heavy (non-hydrogen) atoms. The molecule has 0 amide bonds. The monoisotopic (exact) mass is 283 g/mol. The molecule has 2 fully saturated rings. The highest BCUT2D eigenvalue weighted by molar-refractivity contribution is 6.30. The fourth-order valence-corrected chi connectivity index (χ4v) is 3.85. The molecule has 1 spiro atoms. The van der Waals surface area contributed by atoms with Crippen LogP contribution in [0, 0.1) is 11.2 Å². The van der Waals surface area contributed by atoms with Crippen molar-refractivity contribution < 1.29 is 9.13 Å². The Morgan fingerprint density at radius 2 is 2.11 bits per heavy atom. The summed E-state index contributed by atoms with van der Waals surface area (Å²) >= 11 is 5.69. The molecular formula is C15H19ClFNO. The lowest BCUT2D eigenvalue weighted by molar-refractivity contribution is -0.0737. The number of halogens is 2. The Morgan fingerprint density at radius 3 is 2.74 bits per heavy atom. The Morgan fingerprint density at radius 1 is 1.37 bits per heavy atom. The van der Waals surface area contributed by atoms with Crippen molar-refractivity contribution in [1.82, 2.24) is 5.32 Å². The van der Waals surface area contributed by atoms with Crippen LogP contribution in [0.25, 0.3) is 0 Å². The van der Waals surface area contributed by atoms with Crippen molar-refractivity contribution >= 4 is 11.6 Å². The molecule has 0 bridgehead atoms. The third-order valence-corrected chi connectivity index (χ3v) is 5.14. The molecule has 2 aliphatic rings. The van der Waals surface area contributed by atoms with E-state index in [-0.39, 0.29) is 16.5 Å². The van der Waals surface area contributed by atoms with Gasteiger partial charge in [0.25, 0.3) is 0 Å². The second-order valence-corrected chi connectivity index (χ2v) is 6.11. The van der Waals surface area contributed by atoms with Gasteiger partial charge in [0, 0.05) is 23.9 Å². The fourth-order valence-electron chi connectivity index (χ4n) is 3.74. The third kappa shape index (κ3) is 2.13. The van der Waals surface area contributed by atoms with E-state index in [4.69, 9.17) is 16.3 Å². The molecule has 0 aliphatic heterocycles. The van der Waals surface area contributed by atoms with E-state index >= 15 is 0 Å². The quantitative estimate of drug-likeness (QED) is 0.911. The number of nitrogens with one attached hydrogen (secondary N) is 1. The van der Waals surface area contributed by atoms with E-state index in [0.29, 0.717) is 11.8 Å². The van der Waals surface area contributed by atoms with Gasteiger partial charge in [0.05, 0.1) is 5.02 Å². The first-order valence-electron chi connectivity index (χ1n) is 6.95. The molecule has 2 nitrogen and oxygen atoms in total. The standard InChI is InChI=1S/C15H19ClFNO/c1-18-13-9-14(15(13)6-2-3-7-15)19-10-4-5-11(16)12(17)8-10/h4-5,8,13-14,18H,2-3,6-7,9H2,1H3. The molecular weight excluding hydrogens is 265 g/mol. The average Bonchev–Trinajstić information content (AvgIpc) is 2.90. The van der Waals surface area contributed by atoms with Gasteiger partial charge in [0.1, 0.15) is 17.7 Å². The highest BCUT2D eigenvalue weighted by atomic mass is 35.5. The summed E-state index contributed by atoms with van der Waals surface area (Å²) in [6, 6.07) is 5.23. The highest BCUT2D eigenvalue weighted by Gasteiger charge is 2.56. The van der Waals surface area contributed by atoms with Crippen molar-refractivity contribution in [3.63, 3.8) is 0 Å². The largest absolute Gasteiger partial charge is 0.490 e. The maximum atomic E-state index is 13.4. The predicted molar refractivity (Wildman–Crippen MR) is 74.2 cm³/mol. The van der Waals surface area contributed by atoms with Crippen molar-refractivity contribution in [2.75, 3.05) is 7.05 Å². The van der Waals surface area contributed by atoms with Gasteiger partial charge in [0.15, 0.2) is 0 Å². The van der Waals surface area contributed by atoms with Gasteiger partial charge in [-0.15, -0.1) is 0 Å². The highest BCUT2D eigenvalue weighted by Crippen LogP contribution is 2.54. The molecule has 4 heteroatoms. The van der Waals surface area contributed by atoms with E-state index in [2.05, 4.69) is 5.32 Å². The molecule has 0 saturated heterocycles. The first-order valence-corrected chi connectivity index (χ1v) is 7.32. The van der Waals surface area contributed by atoms with Gasteiger partial charge in [-0.2, -0.15) is 0 Å². The number of benzene rings is 1. The van der Waals surface area contributed by atoms with E-state index in [1.807, 2.05) is 7.05 Å². The zero-order chi connectivity index (χ0) is 13.5. The maximum Gasteiger partial charge on any atom is 0.145 e. The van der Waals surface area contributed by atoms with Crippen LogP contribution in [-0.4, -0.2) is 19.2 Å². The van der Waals surface area contributed by atoms with Crippen LogP contribution in [0.1, 0.15) is 32.1 Å². The van der Waals surface area contributed by atoms with E-state index < -0.39 is 5.82 Å². The Balaban J connectivity index is 1.75. The number of rotatable bonds is 3. The summed E-state index contributed by atoms with van der Waals surface area (Å²) in [5, 5.41) is 3.54. The molecule has 3 rings (SSSR count). The minimum absolute atomic E-state index is 0.143. The topological polar surface area (TPSA) is 21.3 Å². The maximum absolute atomic E-state index is 13.4. The SMILES string of the molecule is CNC1CC(Oc2ccc(Cl)c(F)c2)C12CCCC2. The van der Waals surface area contributed by atoms with Crippen LogP contribution in [0.4, 0.5) is 4.39 Å². The molecule has 1 N–H and O–H groups in total. The minimum atomic E-state index is -0.413. The number of hydrogen-bond acceptors (Lipinski definition) is 2. The Bertz CT molecular complexity index is 473. The van der Waals surface area contributed by atoms with Crippen LogP contribution in [0.3, 0.4) is 0 Å². The lowest BCUT2D eigenvalue weighted by Crippen LogP contribution is -2.63. The summed E-state index contributed by atoms with van der Waals surface area (Å²) in [5.74, 6) is 0.178. The van der Waals surface area contributed by atoms with E-state index in [1.165, 1.54) is 31.7 Å². The Hall–Kier alpha value is -0.800. The van der Waals surface area contributed by atoms with Crippen LogP contribution in [0.2, 0.25) is 5.02 Å². The molecule has 0 radical (unpaired) electrons. The normalized spacial score (nSPS) is 28.4. The van der Waals surface area contributed by atoms with Crippen molar-refractivity contribution in [1.29, 1.82) is 0 Å². The summed E-state index contributed by atoms with van der Waals surface area (Å²) in [6.45, 7) is 0. The molecule has 1 aromatic carbocycles. The Labute approximate surface area is 118 Å². The summed E-state index contributed by atoms with van der Waals surface area (Å²) in [7, 11) is 2.02. The van der Waals surface area contributed by atoms with Gasteiger partial charge in [-0.05, 0) is 32.0 Å². The smallest absolute Gasteiger partial charge is 0.145 e. The van der Waals surface area contributed by atoms with Gasteiger partial charge < -0.3 is 10.1 Å². The summed E-state index contributed by atoms with van der Waals surface area (Å²) in [6.07, 6.45) is 6.16. The molecule has 2 unspecified atom stereocenters. The van der Waals surface area contributed by atoms with Crippen LogP contribution < -0.4 is 10.1 Å². The number of hydrogen-bond donors (Lipinski definition) is 1. The second-order valence-electron chi connectivity index (χ2n) is 5.70. The Kier molecular flexibility index (Phi) is 3.44. The van der Waals surface area contributed by atoms with Gasteiger partial charge in [-0.1, -0.05) is 24.4 Å². The zero-order valence-corrected chi connectivity index (χ0v) is 11.8. The summed E-state index contributed by atoms with van der Waals surface area (Å²) < 4.78 is 19.5. The van der Waals surface area contributed by atoms with Crippen LogP contribution in [0.5, 0.6) is 5.75 Å². The van der Waals surface area contributed by atoms with Crippen LogP contribution in [-0.2, 0) is 0 Å². The van der Waals surface area contributed by atoms with Gasteiger partial charge in [-0.25, -0.2) is 4.39 Å². The van der Waals surface area contributed by atoms with Crippen LogP contribution in [0.15, 0.2) is 18.2 Å². The van der Waals surface area contributed by atoms with Crippen molar-refractivity contribution in [3.8, 4) is 5.75 Å². The van der Waals surface area contributed by atoms with Crippen LogP contribution >= 0.6 is 11.6 Å². The third-order valence-electron chi connectivity index (χ3n) is 4.84. The van der Waals surface area contributed by atoms with Crippen molar-refractivity contribution in [2.45, 2.75) is 44.2 Å². The van der Waals surface area contributed by atoms with E-state index in [1.54, 1.807) is 12.1 Å². The number of ether oxygens (including phenoxy) is 1. The van der Waals surface area contributed by atoms with Crippen molar-refractivity contribution in [2.24, 2.45) is 5.41 Å². The fraction of sp³-hybridized carbons (Fsp3) is 0.600. The average molecular weight is 284 g/mol. The summed E-state index contributed by atoms with van der Waals surface area (Å²) in [4.78, 5) is 0. The molecule has 0 aromatic heterocycles. The minimum Gasteiger partial charge on any atom is -0.490 e.